The van der Waals surface area contributed by atoms with Crippen molar-refractivity contribution in [1.29, 1.82) is 0 Å². The maximum absolute atomic E-state index is 10.9. The molecular formula is C8H12N2O2. The van der Waals surface area contributed by atoms with E-state index in [-0.39, 0.29) is 5.41 Å². The van der Waals surface area contributed by atoms with Crippen LogP contribution in [-0.2, 0) is 5.41 Å². The summed E-state index contributed by atoms with van der Waals surface area (Å²) in [5.41, 5.74) is -0.624. The van der Waals surface area contributed by atoms with Gasteiger partial charge in [0.25, 0.3) is 0 Å². The van der Waals surface area contributed by atoms with Crippen molar-refractivity contribution >= 4 is 0 Å². The lowest BCUT2D eigenvalue weighted by atomic mass is 9.93. The molecule has 2 N–H and O–H groups in total. The van der Waals surface area contributed by atoms with E-state index >= 15 is 0 Å². The first-order chi connectivity index (χ1) is 5.41. The molecule has 0 amide bonds. The lowest BCUT2D eigenvalue weighted by Crippen LogP contribution is -2.32. The number of nitrogens with one attached hydrogen (secondary N) is 2. The Kier molecular flexibility index (Phi) is 1.92. The average molecular weight is 168 g/mol. The van der Waals surface area contributed by atoms with E-state index in [0.29, 0.717) is 0 Å². The van der Waals surface area contributed by atoms with Gasteiger partial charge in [-0.2, -0.15) is 0 Å². The molecular weight excluding hydrogens is 156 g/mol. The first-order valence-corrected chi connectivity index (χ1v) is 3.74. The van der Waals surface area contributed by atoms with Gasteiger partial charge in [0.15, 0.2) is 0 Å². The van der Waals surface area contributed by atoms with Crippen LogP contribution in [0.3, 0.4) is 0 Å². The van der Waals surface area contributed by atoms with Crippen molar-refractivity contribution in [3.8, 4) is 0 Å². The van der Waals surface area contributed by atoms with Crippen molar-refractivity contribution in [2.45, 2.75) is 26.2 Å². The number of aromatic nitrogens is 2. The maximum atomic E-state index is 10.9. The zero-order chi connectivity index (χ0) is 9.35. The molecule has 1 rings (SSSR count). The number of hydrogen-bond acceptors (Lipinski definition) is 2. The van der Waals surface area contributed by atoms with Crippen LogP contribution in [0.1, 0.15) is 26.5 Å². The summed E-state index contributed by atoms with van der Waals surface area (Å²) in [6.07, 6.45) is 1.53. The third-order valence-corrected chi connectivity index (χ3v) is 1.61. The van der Waals surface area contributed by atoms with E-state index in [0.717, 1.165) is 5.69 Å². The van der Waals surface area contributed by atoms with Crippen molar-refractivity contribution in [3.63, 3.8) is 0 Å². The van der Waals surface area contributed by atoms with Crippen LogP contribution in [0.5, 0.6) is 0 Å². The molecule has 0 radical (unpaired) electrons. The fraction of sp³-hybridized carbons (Fsp3) is 0.500. The van der Waals surface area contributed by atoms with Gasteiger partial charge < -0.3 is 9.97 Å². The highest BCUT2D eigenvalue weighted by molar-refractivity contribution is 5.07. The van der Waals surface area contributed by atoms with Crippen LogP contribution < -0.4 is 11.1 Å². The standard InChI is InChI=1S/C8H12N2O2/c1-8(2,3)5-4-9-6(11)7(12)10-5/h4H,1-3H3,(H,9,11)(H,10,12). The predicted molar refractivity (Wildman–Crippen MR) is 46.4 cm³/mol. The minimum atomic E-state index is -0.608. The minimum absolute atomic E-state index is 0.149. The Labute approximate surface area is 69.7 Å². The molecule has 66 valence electrons. The van der Waals surface area contributed by atoms with E-state index in [2.05, 4.69) is 9.97 Å². The Balaban J connectivity index is 3.33. The van der Waals surface area contributed by atoms with Crippen LogP contribution in [0, 0.1) is 0 Å². The SMILES string of the molecule is CC(C)(C)c1c[nH]c(=O)c(=O)[nH]1. The lowest BCUT2D eigenvalue weighted by molar-refractivity contribution is 0.561. The molecule has 4 heteroatoms. The van der Waals surface area contributed by atoms with Crippen molar-refractivity contribution < 1.29 is 0 Å². The molecule has 1 aromatic rings. The zero-order valence-corrected chi connectivity index (χ0v) is 7.39. The third kappa shape index (κ3) is 1.64. The van der Waals surface area contributed by atoms with E-state index in [1.807, 2.05) is 20.8 Å². The molecule has 0 aliphatic carbocycles. The molecule has 0 unspecified atom stereocenters. The Morgan fingerprint density at radius 2 is 1.75 bits per heavy atom. The molecule has 12 heavy (non-hydrogen) atoms. The predicted octanol–water partition coefficient (Wildman–Crippen LogP) is 0.361. The first-order valence-electron chi connectivity index (χ1n) is 3.74. The highest BCUT2D eigenvalue weighted by Gasteiger charge is 2.14. The molecule has 0 saturated carbocycles. The first kappa shape index (κ1) is 8.77. The lowest BCUT2D eigenvalue weighted by Gasteiger charge is -2.16. The number of aromatic amines is 2. The van der Waals surface area contributed by atoms with Crippen molar-refractivity contribution in [2.24, 2.45) is 0 Å². The van der Waals surface area contributed by atoms with Crippen LogP contribution in [0.4, 0.5) is 0 Å². The van der Waals surface area contributed by atoms with Gasteiger partial charge in [0, 0.05) is 17.3 Å². The topological polar surface area (TPSA) is 65.7 Å². The van der Waals surface area contributed by atoms with E-state index in [1.54, 1.807) is 0 Å². The molecule has 0 bridgehead atoms. The van der Waals surface area contributed by atoms with Gasteiger partial charge in [0.2, 0.25) is 0 Å². The van der Waals surface area contributed by atoms with E-state index < -0.39 is 11.1 Å². The maximum Gasteiger partial charge on any atom is 0.313 e. The van der Waals surface area contributed by atoms with E-state index in [9.17, 15) is 9.59 Å². The molecule has 0 aliphatic rings. The average Bonchev–Trinajstić information content (AvgIpc) is 1.92. The van der Waals surface area contributed by atoms with E-state index in [4.69, 9.17) is 0 Å². The van der Waals surface area contributed by atoms with Gasteiger partial charge >= 0.3 is 11.1 Å². The Morgan fingerprint density at radius 1 is 1.17 bits per heavy atom. The summed E-state index contributed by atoms with van der Waals surface area (Å²) in [4.78, 5) is 26.5. The largest absolute Gasteiger partial charge is 0.323 e. The molecule has 0 spiro atoms. The molecule has 1 heterocycles. The van der Waals surface area contributed by atoms with Crippen molar-refractivity contribution in [1.82, 2.24) is 9.97 Å². The Bertz CT molecular complexity index is 381. The van der Waals surface area contributed by atoms with Crippen LogP contribution in [0.2, 0.25) is 0 Å². The number of hydrogen-bond donors (Lipinski definition) is 2. The molecule has 0 saturated heterocycles. The summed E-state index contributed by atoms with van der Waals surface area (Å²) >= 11 is 0. The van der Waals surface area contributed by atoms with Crippen molar-refractivity contribution in [3.05, 3.63) is 32.6 Å². The summed E-state index contributed by atoms with van der Waals surface area (Å²) in [6, 6.07) is 0. The Hall–Kier alpha value is -1.32. The minimum Gasteiger partial charge on any atom is -0.323 e. The Morgan fingerprint density at radius 3 is 2.17 bits per heavy atom. The summed E-state index contributed by atoms with van der Waals surface area (Å²) in [6.45, 7) is 5.86. The normalized spacial score (nSPS) is 11.6. The highest BCUT2D eigenvalue weighted by atomic mass is 16.2. The van der Waals surface area contributed by atoms with Crippen LogP contribution in [0.25, 0.3) is 0 Å². The van der Waals surface area contributed by atoms with Gasteiger partial charge in [-0.3, -0.25) is 9.59 Å². The smallest absolute Gasteiger partial charge is 0.313 e. The van der Waals surface area contributed by atoms with Gasteiger partial charge in [-0.25, -0.2) is 0 Å². The van der Waals surface area contributed by atoms with Gasteiger partial charge in [0.05, 0.1) is 0 Å². The summed E-state index contributed by atoms with van der Waals surface area (Å²) in [5.74, 6) is 0. The van der Waals surface area contributed by atoms with Crippen LogP contribution in [0.15, 0.2) is 15.8 Å². The zero-order valence-electron chi connectivity index (χ0n) is 7.39. The number of rotatable bonds is 0. The van der Waals surface area contributed by atoms with Crippen LogP contribution in [-0.4, -0.2) is 9.97 Å². The molecule has 0 atom stereocenters. The van der Waals surface area contributed by atoms with Gasteiger partial charge in [-0.05, 0) is 0 Å². The second-order valence-electron chi connectivity index (χ2n) is 3.74. The molecule has 4 nitrogen and oxygen atoms in total. The van der Waals surface area contributed by atoms with Crippen LogP contribution >= 0.6 is 0 Å². The fourth-order valence-corrected chi connectivity index (χ4v) is 0.822. The summed E-state index contributed by atoms with van der Waals surface area (Å²) in [7, 11) is 0. The molecule has 0 aliphatic heterocycles. The second-order valence-corrected chi connectivity index (χ2v) is 3.74. The molecule has 0 aromatic carbocycles. The fourth-order valence-electron chi connectivity index (χ4n) is 0.822. The van der Waals surface area contributed by atoms with Gasteiger partial charge in [-0.1, -0.05) is 20.8 Å². The molecule has 0 fully saturated rings. The third-order valence-electron chi connectivity index (χ3n) is 1.61. The highest BCUT2D eigenvalue weighted by Crippen LogP contribution is 2.16. The van der Waals surface area contributed by atoms with Gasteiger partial charge in [-0.15, -0.1) is 0 Å². The monoisotopic (exact) mass is 168 g/mol. The van der Waals surface area contributed by atoms with Gasteiger partial charge in [0.1, 0.15) is 0 Å². The van der Waals surface area contributed by atoms with E-state index in [1.165, 1.54) is 6.20 Å². The second kappa shape index (κ2) is 2.62. The molecule has 1 aromatic heterocycles. The number of H-pyrrole nitrogens is 2. The van der Waals surface area contributed by atoms with Crippen molar-refractivity contribution in [2.75, 3.05) is 0 Å². The summed E-state index contributed by atoms with van der Waals surface area (Å²) < 4.78 is 0. The quantitative estimate of drug-likeness (QED) is 0.549. The summed E-state index contributed by atoms with van der Waals surface area (Å²) in [5, 5.41) is 0.